The Hall–Kier alpha value is -3.81. The molecule has 8 heteroatoms. The lowest BCUT2D eigenvalue weighted by atomic mass is 10.1. The first-order valence-electron chi connectivity index (χ1n) is 9.62. The molecule has 0 saturated heterocycles. The number of rotatable bonds is 11. The van der Waals surface area contributed by atoms with Gasteiger partial charge in [0.15, 0.2) is 11.5 Å². The van der Waals surface area contributed by atoms with Crippen molar-refractivity contribution in [2.75, 3.05) is 49.3 Å². The van der Waals surface area contributed by atoms with Gasteiger partial charge in [-0.05, 0) is 18.2 Å². The van der Waals surface area contributed by atoms with Gasteiger partial charge in [0.1, 0.15) is 29.6 Å². The van der Waals surface area contributed by atoms with Crippen LogP contribution in [-0.2, 0) is 9.53 Å². The lowest BCUT2D eigenvalue weighted by Crippen LogP contribution is -2.01. The monoisotopic (exact) mass is 444 g/mol. The van der Waals surface area contributed by atoms with E-state index in [0.29, 0.717) is 40.1 Å². The lowest BCUT2D eigenvalue weighted by Gasteiger charge is -2.12. The zero-order valence-electron chi connectivity index (χ0n) is 19.1. The minimum atomic E-state index is -0.520. The quantitative estimate of drug-likeness (QED) is 0.380. The molecule has 0 atom stereocenters. The van der Waals surface area contributed by atoms with Crippen LogP contribution < -0.4 is 28.4 Å². The predicted octanol–water partition coefficient (Wildman–Crippen LogP) is 4.01. The highest BCUT2D eigenvalue weighted by Gasteiger charge is 2.12. The topological polar surface area (TPSA) is 81.7 Å². The molecule has 0 spiro atoms. The first-order chi connectivity index (χ1) is 15.5. The summed E-state index contributed by atoms with van der Waals surface area (Å²) in [4.78, 5) is 12.1. The summed E-state index contributed by atoms with van der Waals surface area (Å²) in [6.07, 6.45) is 6.34. The maximum absolute atomic E-state index is 12.1. The third-order valence-electron chi connectivity index (χ3n) is 4.49. The second-order valence-corrected chi connectivity index (χ2v) is 6.26. The average Bonchev–Trinajstić information content (AvgIpc) is 2.83. The first kappa shape index (κ1) is 24.5. The van der Waals surface area contributed by atoms with E-state index in [9.17, 15) is 4.79 Å². The second kappa shape index (κ2) is 12.1. The van der Waals surface area contributed by atoms with E-state index in [1.165, 1.54) is 20.3 Å². The van der Waals surface area contributed by atoms with Crippen LogP contribution in [-0.4, -0.2) is 55.2 Å². The van der Waals surface area contributed by atoms with Gasteiger partial charge >= 0.3 is 5.97 Å². The molecule has 2 rings (SSSR count). The predicted molar refractivity (Wildman–Crippen MR) is 121 cm³/mol. The number of esters is 1. The highest BCUT2D eigenvalue weighted by Crippen LogP contribution is 2.36. The summed E-state index contributed by atoms with van der Waals surface area (Å²) in [6, 6.07) is 6.90. The Labute approximate surface area is 187 Å². The lowest BCUT2D eigenvalue weighted by molar-refractivity contribution is -0.136. The number of carbonyl (C=O) groups is 1. The SMILES string of the molecule is COc1cc(OC)c(/C=C/C(=O)OC/C=C/c2cc(OC)c(OC)cc2OC)c(OC)c1. The molecule has 32 heavy (non-hydrogen) atoms. The molecule has 0 aromatic heterocycles. The van der Waals surface area contributed by atoms with Crippen molar-refractivity contribution in [1.29, 1.82) is 0 Å². The van der Waals surface area contributed by atoms with Gasteiger partial charge in [-0.2, -0.15) is 0 Å². The summed E-state index contributed by atoms with van der Waals surface area (Å²) in [5.41, 5.74) is 1.35. The number of hydrogen-bond donors (Lipinski definition) is 0. The van der Waals surface area contributed by atoms with Crippen LogP contribution in [0.1, 0.15) is 11.1 Å². The van der Waals surface area contributed by atoms with Crippen LogP contribution >= 0.6 is 0 Å². The maximum Gasteiger partial charge on any atom is 0.331 e. The molecule has 0 unspecified atom stereocenters. The molecule has 2 aromatic rings. The molecule has 2 aromatic carbocycles. The van der Waals surface area contributed by atoms with Gasteiger partial charge in [-0.25, -0.2) is 4.79 Å². The minimum absolute atomic E-state index is 0.0670. The van der Waals surface area contributed by atoms with E-state index in [1.54, 1.807) is 70.9 Å². The number of ether oxygens (including phenoxy) is 7. The highest BCUT2D eigenvalue weighted by molar-refractivity contribution is 5.88. The minimum Gasteiger partial charge on any atom is -0.496 e. The van der Waals surface area contributed by atoms with E-state index in [4.69, 9.17) is 33.2 Å². The first-order valence-corrected chi connectivity index (χ1v) is 9.62. The fourth-order valence-electron chi connectivity index (χ4n) is 2.88. The molecule has 0 bridgehead atoms. The molecule has 0 fully saturated rings. The van der Waals surface area contributed by atoms with Gasteiger partial charge in [0, 0.05) is 29.8 Å². The van der Waals surface area contributed by atoms with Gasteiger partial charge < -0.3 is 33.2 Å². The van der Waals surface area contributed by atoms with Crippen LogP contribution in [0.25, 0.3) is 12.2 Å². The molecule has 0 aliphatic carbocycles. The van der Waals surface area contributed by atoms with Gasteiger partial charge in [-0.1, -0.05) is 6.08 Å². The molecule has 0 heterocycles. The fourth-order valence-corrected chi connectivity index (χ4v) is 2.88. The molecule has 0 amide bonds. The third kappa shape index (κ3) is 6.10. The number of methoxy groups -OCH3 is 6. The zero-order chi connectivity index (χ0) is 23.5. The number of hydrogen-bond acceptors (Lipinski definition) is 8. The average molecular weight is 444 g/mol. The Bertz CT molecular complexity index is 953. The molecule has 0 aliphatic heterocycles. The maximum atomic E-state index is 12.1. The molecule has 8 nitrogen and oxygen atoms in total. The molecule has 0 saturated carbocycles. The summed E-state index contributed by atoms with van der Waals surface area (Å²) < 4.78 is 37.1. The summed E-state index contributed by atoms with van der Waals surface area (Å²) in [5.74, 6) is 2.79. The van der Waals surface area contributed by atoms with Crippen molar-refractivity contribution in [2.45, 2.75) is 0 Å². The van der Waals surface area contributed by atoms with Crippen LogP contribution in [0.15, 0.2) is 36.4 Å². The smallest absolute Gasteiger partial charge is 0.331 e. The van der Waals surface area contributed by atoms with Gasteiger partial charge in [0.05, 0.1) is 48.2 Å². The van der Waals surface area contributed by atoms with Crippen molar-refractivity contribution in [1.82, 2.24) is 0 Å². The molecular weight excluding hydrogens is 416 g/mol. The van der Waals surface area contributed by atoms with Crippen molar-refractivity contribution in [3.63, 3.8) is 0 Å². The summed E-state index contributed by atoms with van der Waals surface area (Å²) >= 11 is 0. The van der Waals surface area contributed by atoms with E-state index >= 15 is 0 Å². The van der Waals surface area contributed by atoms with Crippen molar-refractivity contribution < 1.29 is 38.0 Å². The van der Waals surface area contributed by atoms with Crippen molar-refractivity contribution in [3.05, 3.63) is 47.5 Å². The van der Waals surface area contributed by atoms with E-state index in [1.807, 2.05) is 0 Å². The van der Waals surface area contributed by atoms with Crippen LogP contribution in [0.2, 0.25) is 0 Å². The van der Waals surface area contributed by atoms with E-state index in [-0.39, 0.29) is 6.61 Å². The van der Waals surface area contributed by atoms with Gasteiger partial charge in [0.2, 0.25) is 0 Å². The van der Waals surface area contributed by atoms with Gasteiger partial charge in [-0.3, -0.25) is 0 Å². The zero-order valence-corrected chi connectivity index (χ0v) is 19.1. The summed E-state index contributed by atoms with van der Waals surface area (Å²) in [6.45, 7) is 0.0670. The Kier molecular flexibility index (Phi) is 9.28. The highest BCUT2D eigenvalue weighted by atomic mass is 16.5. The van der Waals surface area contributed by atoms with Crippen LogP contribution in [0.3, 0.4) is 0 Å². The van der Waals surface area contributed by atoms with Crippen LogP contribution in [0.4, 0.5) is 0 Å². The van der Waals surface area contributed by atoms with Crippen LogP contribution in [0.5, 0.6) is 34.5 Å². The Morgan fingerprint density at radius 1 is 0.688 bits per heavy atom. The molecular formula is C24H28O8. The fraction of sp³-hybridized carbons (Fsp3) is 0.292. The van der Waals surface area contributed by atoms with E-state index in [0.717, 1.165) is 5.56 Å². The van der Waals surface area contributed by atoms with Crippen LogP contribution in [0, 0.1) is 0 Å². The Morgan fingerprint density at radius 3 is 1.78 bits per heavy atom. The van der Waals surface area contributed by atoms with E-state index in [2.05, 4.69) is 0 Å². The molecule has 0 aliphatic rings. The molecule has 0 radical (unpaired) electrons. The molecule has 172 valence electrons. The third-order valence-corrected chi connectivity index (χ3v) is 4.49. The standard InChI is InChI=1S/C24H28O8/c1-26-17-13-20(28-3)18(21(14-17)29-4)9-10-24(25)32-11-7-8-16-12-22(30-5)23(31-6)15-19(16)27-2/h7-10,12-15H,11H2,1-6H3/b8-7+,10-9+. The van der Waals surface area contributed by atoms with E-state index < -0.39 is 5.97 Å². The Morgan fingerprint density at radius 2 is 1.25 bits per heavy atom. The second-order valence-electron chi connectivity index (χ2n) is 6.26. The summed E-state index contributed by atoms with van der Waals surface area (Å²) in [7, 11) is 9.27. The largest absolute Gasteiger partial charge is 0.496 e. The summed E-state index contributed by atoms with van der Waals surface area (Å²) in [5, 5.41) is 0. The number of benzene rings is 2. The normalized spacial score (nSPS) is 10.8. The van der Waals surface area contributed by atoms with Crippen molar-refractivity contribution >= 4 is 18.1 Å². The Balaban J connectivity index is 2.07. The van der Waals surface area contributed by atoms with Gasteiger partial charge in [0.25, 0.3) is 0 Å². The van der Waals surface area contributed by atoms with Gasteiger partial charge in [-0.15, -0.1) is 0 Å². The van der Waals surface area contributed by atoms with Crippen molar-refractivity contribution in [3.8, 4) is 34.5 Å². The molecule has 0 N–H and O–H groups in total. The van der Waals surface area contributed by atoms with Crippen molar-refractivity contribution in [2.24, 2.45) is 0 Å². The number of carbonyl (C=O) groups excluding carboxylic acids is 1.